The molecule has 2 aliphatic heterocycles. The molecule has 1 aromatic rings. The van der Waals surface area contributed by atoms with Gasteiger partial charge in [0.2, 0.25) is 0 Å². The van der Waals surface area contributed by atoms with Gasteiger partial charge in [0.1, 0.15) is 27.6 Å². The number of nitrogens with zero attached hydrogens (tertiary/aromatic N) is 3. The lowest BCUT2D eigenvalue weighted by Crippen LogP contribution is -2.58. The second-order valence-electron chi connectivity index (χ2n) is 9.06. The van der Waals surface area contributed by atoms with Gasteiger partial charge in [-0.3, -0.25) is 9.98 Å². The monoisotopic (exact) mass is 438 g/mol. The summed E-state index contributed by atoms with van der Waals surface area (Å²) < 4.78 is 33.7. The van der Waals surface area contributed by atoms with Crippen molar-refractivity contribution < 1.29 is 8.60 Å². The SMILES string of the molecule is CC[Si](CC)(CC)c1cc(C)nc(C2(C)CS3(=O)=NCCCC3(C)C(N)=N2)c1F. The molecule has 3 atom stereocenters. The molecule has 8 heteroatoms. The van der Waals surface area contributed by atoms with Crippen molar-refractivity contribution in [3.8, 4) is 0 Å². The Balaban J connectivity index is 2.26. The number of hydrogen-bond acceptors (Lipinski definition) is 5. The summed E-state index contributed by atoms with van der Waals surface area (Å²) in [5.41, 5.74) is 6.38. The molecule has 0 saturated carbocycles. The molecule has 3 rings (SSSR count). The zero-order valence-corrected chi connectivity index (χ0v) is 20.5. The first kappa shape index (κ1) is 22.4. The molecule has 0 radical (unpaired) electrons. The van der Waals surface area contributed by atoms with Gasteiger partial charge >= 0.3 is 0 Å². The maximum absolute atomic E-state index is 16.0. The van der Waals surface area contributed by atoms with Gasteiger partial charge in [-0.15, -0.1) is 0 Å². The predicted molar refractivity (Wildman–Crippen MR) is 123 cm³/mol. The van der Waals surface area contributed by atoms with Gasteiger partial charge in [0.05, 0.1) is 23.6 Å². The van der Waals surface area contributed by atoms with Gasteiger partial charge in [0.25, 0.3) is 0 Å². The van der Waals surface area contributed by atoms with Crippen molar-refractivity contribution in [1.82, 2.24) is 4.98 Å². The summed E-state index contributed by atoms with van der Waals surface area (Å²) in [7, 11) is -4.63. The van der Waals surface area contributed by atoms with Crippen molar-refractivity contribution in [2.45, 2.75) is 82.8 Å². The molecule has 0 aliphatic carbocycles. The highest BCUT2D eigenvalue weighted by Gasteiger charge is 2.52. The molecular formula is C21H35FN4OSSi. The smallest absolute Gasteiger partial charge is 0.146 e. The molecule has 2 aliphatic rings. The molecule has 0 spiro atoms. The fourth-order valence-corrected chi connectivity index (χ4v) is 11.7. The number of nitrogens with two attached hydrogens (primary N) is 1. The van der Waals surface area contributed by atoms with Gasteiger partial charge in [-0.2, -0.15) is 0 Å². The molecule has 162 valence electrons. The summed E-state index contributed by atoms with van der Waals surface area (Å²) in [4.78, 5) is 9.34. The Morgan fingerprint density at radius 3 is 2.45 bits per heavy atom. The fraction of sp³-hybridized carbons (Fsp3) is 0.714. The van der Waals surface area contributed by atoms with Crippen molar-refractivity contribution in [2.75, 3.05) is 12.3 Å². The number of aliphatic imine (C=N–C) groups is 1. The van der Waals surface area contributed by atoms with Gasteiger partial charge < -0.3 is 5.73 Å². The Kier molecular flexibility index (Phi) is 5.75. The number of aromatic nitrogens is 1. The summed E-state index contributed by atoms with van der Waals surface area (Å²) in [5.74, 6) is 0.228. The molecule has 0 bridgehead atoms. The highest BCUT2D eigenvalue weighted by molar-refractivity contribution is 7.95. The van der Waals surface area contributed by atoms with E-state index < -0.39 is 28.1 Å². The second kappa shape index (κ2) is 7.44. The van der Waals surface area contributed by atoms with Crippen molar-refractivity contribution in [2.24, 2.45) is 15.1 Å². The maximum atomic E-state index is 16.0. The number of pyridine rings is 1. The van der Waals surface area contributed by atoms with Crippen LogP contribution >= 0.6 is 0 Å². The Morgan fingerprint density at radius 1 is 1.24 bits per heavy atom. The quantitative estimate of drug-likeness (QED) is 0.709. The summed E-state index contributed by atoms with van der Waals surface area (Å²) in [6.07, 6.45) is 1.55. The zero-order valence-electron chi connectivity index (χ0n) is 18.6. The van der Waals surface area contributed by atoms with Crippen molar-refractivity contribution in [3.63, 3.8) is 0 Å². The number of rotatable bonds is 5. The normalized spacial score (nSPS) is 32.3. The molecule has 3 unspecified atom stereocenters. The average Bonchev–Trinajstić information content (AvgIpc) is 2.67. The van der Waals surface area contributed by atoms with E-state index >= 15 is 4.39 Å². The summed E-state index contributed by atoms with van der Waals surface area (Å²) in [6.45, 7) is 12.7. The largest absolute Gasteiger partial charge is 0.386 e. The first-order chi connectivity index (χ1) is 13.5. The number of fused-ring (bicyclic) bond motifs is 1. The van der Waals surface area contributed by atoms with Crippen LogP contribution in [0.15, 0.2) is 15.4 Å². The minimum atomic E-state index is -2.66. The molecule has 0 fully saturated rings. The van der Waals surface area contributed by atoms with E-state index in [0.29, 0.717) is 18.8 Å². The minimum absolute atomic E-state index is 0.170. The van der Waals surface area contributed by atoms with Gasteiger partial charge in [-0.25, -0.2) is 13.0 Å². The molecule has 0 aromatic carbocycles. The van der Waals surface area contributed by atoms with Gasteiger partial charge in [-0.1, -0.05) is 38.9 Å². The van der Waals surface area contributed by atoms with E-state index in [1.165, 1.54) is 0 Å². The van der Waals surface area contributed by atoms with E-state index in [9.17, 15) is 4.21 Å². The fourth-order valence-electron chi connectivity index (χ4n) is 5.07. The standard InChI is InChI=1S/C21H35FN4OSSi/c1-7-29(8-2,9-3)16-13-15(4)25-18(17(16)22)20(5)14-28(27)21(6,19(23)26-20)11-10-12-24-28/h13H,7-12,14H2,1-6H3,(H2,23,26). The molecule has 0 saturated heterocycles. The highest BCUT2D eigenvalue weighted by Crippen LogP contribution is 2.42. The van der Waals surface area contributed by atoms with Crippen LogP contribution in [0.4, 0.5) is 4.39 Å². The maximum Gasteiger partial charge on any atom is 0.146 e. The Morgan fingerprint density at radius 2 is 1.86 bits per heavy atom. The molecular weight excluding hydrogens is 403 g/mol. The average molecular weight is 439 g/mol. The lowest BCUT2D eigenvalue weighted by Gasteiger charge is -2.44. The van der Waals surface area contributed by atoms with Crippen LogP contribution in [0, 0.1) is 12.7 Å². The molecule has 5 nitrogen and oxygen atoms in total. The molecule has 3 heterocycles. The van der Waals surface area contributed by atoms with Crippen LogP contribution in [0.2, 0.25) is 18.1 Å². The van der Waals surface area contributed by atoms with E-state index in [1.54, 1.807) is 0 Å². The molecule has 0 amide bonds. The third-order valence-corrected chi connectivity index (χ3v) is 16.3. The van der Waals surface area contributed by atoms with Crippen LogP contribution in [-0.4, -0.2) is 40.1 Å². The van der Waals surface area contributed by atoms with Crippen LogP contribution in [-0.2, 0) is 15.3 Å². The first-order valence-corrected chi connectivity index (χ1v) is 15.1. The third kappa shape index (κ3) is 3.26. The van der Waals surface area contributed by atoms with Gasteiger partial charge in [0.15, 0.2) is 0 Å². The lowest BCUT2D eigenvalue weighted by molar-refractivity contribution is 0.464. The number of hydrogen-bond donors (Lipinski definition) is 1. The Labute approximate surface area is 176 Å². The Bertz CT molecular complexity index is 959. The zero-order chi connectivity index (χ0) is 21.7. The summed E-state index contributed by atoms with van der Waals surface area (Å²) in [6, 6.07) is 4.86. The third-order valence-electron chi connectivity index (χ3n) is 7.40. The Hall–Kier alpha value is -1.28. The van der Waals surface area contributed by atoms with Crippen molar-refractivity contribution in [1.29, 1.82) is 0 Å². The lowest BCUT2D eigenvalue weighted by atomic mass is 9.96. The second-order valence-corrected chi connectivity index (χ2v) is 17.0. The van der Waals surface area contributed by atoms with Crippen molar-refractivity contribution in [3.05, 3.63) is 23.3 Å². The number of aryl methyl sites for hydroxylation is 1. The van der Waals surface area contributed by atoms with Crippen LogP contribution in [0.1, 0.15) is 58.8 Å². The number of halogens is 1. The van der Waals surface area contributed by atoms with Crippen LogP contribution in [0.5, 0.6) is 0 Å². The van der Waals surface area contributed by atoms with Crippen LogP contribution < -0.4 is 10.9 Å². The van der Waals surface area contributed by atoms with Crippen molar-refractivity contribution >= 4 is 28.8 Å². The van der Waals surface area contributed by atoms with E-state index in [-0.39, 0.29) is 17.3 Å². The van der Waals surface area contributed by atoms with E-state index in [2.05, 4.69) is 30.1 Å². The van der Waals surface area contributed by atoms with E-state index in [4.69, 9.17) is 10.7 Å². The molecule has 29 heavy (non-hydrogen) atoms. The van der Waals surface area contributed by atoms with E-state index in [0.717, 1.165) is 35.4 Å². The highest BCUT2D eigenvalue weighted by atomic mass is 32.2. The minimum Gasteiger partial charge on any atom is -0.386 e. The number of amidine groups is 1. The topological polar surface area (TPSA) is 80.7 Å². The summed E-state index contributed by atoms with van der Waals surface area (Å²) in [5, 5.41) is 0.825. The van der Waals surface area contributed by atoms with Crippen LogP contribution in [0.3, 0.4) is 0 Å². The van der Waals surface area contributed by atoms with Gasteiger partial charge in [-0.05, 0) is 44.9 Å². The predicted octanol–water partition coefficient (Wildman–Crippen LogP) is 3.85. The summed E-state index contributed by atoms with van der Waals surface area (Å²) >= 11 is 0. The molecule has 2 N–H and O–H groups in total. The molecule has 1 aromatic heterocycles. The van der Waals surface area contributed by atoms with E-state index in [1.807, 2.05) is 26.8 Å². The van der Waals surface area contributed by atoms with Crippen LogP contribution in [0.25, 0.3) is 0 Å². The van der Waals surface area contributed by atoms with Gasteiger partial charge in [0, 0.05) is 12.2 Å². The first-order valence-electron chi connectivity index (χ1n) is 10.7.